The summed E-state index contributed by atoms with van der Waals surface area (Å²) in [6.45, 7) is 8.87. The van der Waals surface area contributed by atoms with Gasteiger partial charge in [0.2, 0.25) is 0 Å². The summed E-state index contributed by atoms with van der Waals surface area (Å²) in [7, 11) is 0. The fraction of sp³-hybridized carbons (Fsp3) is 0.700. The molecule has 2 N–H and O–H groups in total. The lowest BCUT2D eigenvalue weighted by Gasteiger charge is -2.15. The molecule has 13 heavy (non-hydrogen) atoms. The summed E-state index contributed by atoms with van der Waals surface area (Å²) >= 11 is 0. The summed E-state index contributed by atoms with van der Waals surface area (Å²) in [6.07, 6.45) is 0.771. The molecule has 74 valence electrons. The normalized spacial score (nSPS) is 12.1. The van der Waals surface area contributed by atoms with Gasteiger partial charge in [0.25, 0.3) is 0 Å². The molecule has 0 radical (unpaired) electrons. The molecule has 0 spiro atoms. The van der Waals surface area contributed by atoms with Crippen molar-refractivity contribution in [3.8, 4) is 0 Å². The fourth-order valence-electron chi connectivity index (χ4n) is 1.36. The molecular weight excluding hydrogens is 164 g/mol. The first kappa shape index (κ1) is 10.3. The Labute approximate surface area is 79.3 Å². The minimum Gasteiger partial charge on any atom is -0.446 e. The molecule has 1 rings (SSSR count). The third kappa shape index (κ3) is 2.31. The zero-order valence-electron chi connectivity index (χ0n) is 8.85. The van der Waals surface area contributed by atoms with E-state index in [0.29, 0.717) is 6.54 Å². The molecule has 0 bridgehead atoms. The van der Waals surface area contributed by atoms with Crippen LogP contribution in [0.2, 0.25) is 0 Å². The number of hydrogen-bond donors (Lipinski definition) is 1. The molecular formula is C10H18N2O. The van der Waals surface area contributed by atoms with Crippen molar-refractivity contribution in [3.63, 3.8) is 0 Å². The molecule has 1 aromatic heterocycles. The van der Waals surface area contributed by atoms with Crippen molar-refractivity contribution in [2.75, 3.05) is 6.54 Å². The third-order valence-electron chi connectivity index (χ3n) is 1.89. The standard InChI is InChI=1S/C10H18N2O/c1-7-12-9(10(2,3)4)8(13-7)5-6-11/h5-6,11H2,1-4H3. The Balaban J connectivity index is 3.04. The van der Waals surface area contributed by atoms with Crippen LogP contribution in [-0.2, 0) is 11.8 Å². The summed E-state index contributed by atoms with van der Waals surface area (Å²) in [5.41, 5.74) is 6.58. The molecule has 0 unspecified atom stereocenters. The first-order valence-corrected chi connectivity index (χ1v) is 4.62. The molecule has 0 saturated heterocycles. The predicted molar refractivity (Wildman–Crippen MR) is 52.7 cm³/mol. The van der Waals surface area contributed by atoms with E-state index in [1.54, 1.807) is 0 Å². The molecule has 3 heteroatoms. The van der Waals surface area contributed by atoms with Crippen LogP contribution in [0.3, 0.4) is 0 Å². The Bertz CT molecular complexity index is 284. The van der Waals surface area contributed by atoms with Gasteiger partial charge >= 0.3 is 0 Å². The fourth-order valence-corrected chi connectivity index (χ4v) is 1.36. The van der Waals surface area contributed by atoms with Crippen LogP contribution in [0.25, 0.3) is 0 Å². The Morgan fingerprint density at radius 1 is 1.38 bits per heavy atom. The van der Waals surface area contributed by atoms with Gasteiger partial charge in [0.05, 0.1) is 5.69 Å². The van der Waals surface area contributed by atoms with Gasteiger partial charge in [-0.3, -0.25) is 0 Å². The topological polar surface area (TPSA) is 52.0 Å². The molecule has 0 saturated carbocycles. The lowest BCUT2D eigenvalue weighted by atomic mass is 9.90. The largest absolute Gasteiger partial charge is 0.446 e. The maximum Gasteiger partial charge on any atom is 0.191 e. The van der Waals surface area contributed by atoms with Crippen LogP contribution in [0, 0.1) is 6.92 Å². The van der Waals surface area contributed by atoms with Gasteiger partial charge in [-0.15, -0.1) is 0 Å². The van der Waals surface area contributed by atoms with Crippen LogP contribution in [0.4, 0.5) is 0 Å². The second-order valence-electron chi connectivity index (χ2n) is 4.29. The van der Waals surface area contributed by atoms with E-state index in [0.717, 1.165) is 23.8 Å². The second kappa shape index (κ2) is 3.50. The average Bonchev–Trinajstić information content (AvgIpc) is 2.30. The monoisotopic (exact) mass is 182 g/mol. The van der Waals surface area contributed by atoms with Crippen molar-refractivity contribution >= 4 is 0 Å². The Morgan fingerprint density at radius 2 is 2.00 bits per heavy atom. The van der Waals surface area contributed by atoms with E-state index in [-0.39, 0.29) is 5.41 Å². The minimum atomic E-state index is 0.0439. The first-order valence-electron chi connectivity index (χ1n) is 4.62. The van der Waals surface area contributed by atoms with Crippen LogP contribution in [0.1, 0.15) is 38.1 Å². The van der Waals surface area contributed by atoms with Crippen molar-refractivity contribution in [3.05, 3.63) is 17.3 Å². The molecule has 1 heterocycles. The van der Waals surface area contributed by atoms with Crippen molar-refractivity contribution < 1.29 is 4.42 Å². The van der Waals surface area contributed by atoms with Crippen molar-refractivity contribution in [1.29, 1.82) is 0 Å². The van der Waals surface area contributed by atoms with Crippen molar-refractivity contribution in [1.82, 2.24) is 4.98 Å². The summed E-state index contributed by atoms with van der Waals surface area (Å²) in [6, 6.07) is 0. The summed E-state index contributed by atoms with van der Waals surface area (Å²) < 4.78 is 5.49. The number of nitrogens with two attached hydrogens (primary N) is 1. The smallest absolute Gasteiger partial charge is 0.191 e. The molecule has 0 fully saturated rings. The van der Waals surface area contributed by atoms with Crippen LogP contribution >= 0.6 is 0 Å². The van der Waals surface area contributed by atoms with Gasteiger partial charge in [-0.25, -0.2) is 4.98 Å². The highest BCUT2D eigenvalue weighted by Crippen LogP contribution is 2.25. The van der Waals surface area contributed by atoms with Gasteiger partial charge in [-0.05, 0) is 6.54 Å². The number of oxazole rings is 1. The number of aromatic nitrogens is 1. The van der Waals surface area contributed by atoms with E-state index >= 15 is 0 Å². The van der Waals surface area contributed by atoms with Crippen LogP contribution in [0.15, 0.2) is 4.42 Å². The van der Waals surface area contributed by atoms with E-state index in [4.69, 9.17) is 10.2 Å². The predicted octanol–water partition coefficient (Wildman–Crippen LogP) is 1.78. The maximum absolute atomic E-state index is 5.49. The summed E-state index contributed by atoms with van der Waals surface area (Å²) in [5, 5.41) is 0. The lowest BCUT2D eigenvalue weighted by molar-refractivity contribution is 0.464. The molecule has 0 atom stereocenters. The van der Waals surface area contributed by atoms with Gasteiger partial charge in [0.1, 0.15) is 5.76 Å². The number of aryl methyl sites for hydroxylation is 1. The van der Waals surface area contributed by atoms with Gasteiger partial charge in [0, 0.05) is 18.8 Å². The zero-order valence-corrected chi connectivity index (χ0v) is 8.85. The quantitative estimate of drug-likeness (QED) is 0.758. The maximum atomic E-state index is 5.49. The highest BCUT2D eigenvalue weighted by molar-refractivity contribution is 5.18. The Hall–Kier alpha value is -0.830. The lowest BCUT2D eigenvalue weighted by Crippen LogP contribution is -2.15. The van der Waals surface area contributed by atoms with Gasteiger partial charge in [-0.2, -0.15) is 0 Å². The van der Waals surface area contributed by atoms with E-state index in [2.05, 4.69) is 25.8 Å². The van der Waals surface area contributed by atoms with Crippen molar-refractivity contribution in [2.45, 2.75) is 39.5 Å². The highest BCUT2D eigenvalue weighted by Gasteiger charge is 2.22. The van der Waals surface area contributed by atoms with Crippen LogP contribution in [-0.4, -0.2) is 11.5 Å². The molecule has 1 aromatic rings. The number of hydrogen-bond acceptors (Lipinski definition) is 3. The Morgan fingerprint density at radius 3 is 2.46 bits per heavy atom. The molecule has 0 amide bonds. The van der Waals surface area contributed by atoms with E-state index in [9.17, 15) is 0 Å². The average molecular weight is 182 g/mol. The molecule has 0 aliphatic heterocycles. The number of rotatable bonds is 2. The molecule has 0 aliphatic rings. The molecule has 3 nitrogen and oxygen atoms in total. The van der Waals surface area contributed by atoms with E-state index in [1.807, 2.05) is 6.92 Å². The van der Waals surface area contributed by atoms with E-state index < -0.39 is 0 Å². The zero-order chi connectivity index (χ0) is 10.1. The second-order valence-corrected chi connectivity index (χ2v) is 4.29. The van der Waals surface area contributed by atoms with Crippen LogP contribution < -0.4 is 5.73 Å². The van der Waals surface area contributed by atoms with Crippen LogP contribution in [0.5, 0.6) is 0 Å². The first-order chi connectivity index (χ1) is 5.95. The van der Waals surface area contributed by atoms with Gasteiger partial charge in [0.15, 0.2) is 5.89 Å². The minimum absolute atomic E-state index is 0.0439. The summed E-state index contributed by atoms with van der Waals surface area (Å²) in [5.74, 6) is 1.67. The third-order valence-corrected chi connectivity index (χ3v) is 1.89. The van der Waals surface area contributed by atoms with Crippen molar-refractivity contribution in [2.24, 2.45) is 5.73 Å². The number of nitrogens with zero attached hydrogens (tertiary/aromatic N) is 1. The van der Waals surface area contributed by atoms with E-state index in [1.165, 1.54) is 0 Å². The molecule has 0 aliphatic carbocycles. The SMILES string of the molecule is Cc1nc(C(C)(C)C)c(CCN)o1. The molecule has 0 aromatic carbocycles. The Kier molecular flexibility index (Phi) is 2.76. The highest BCUT2D eigenvalue weighted by atomic mass is 16.4. The van der Waals surface area contributed by atoms with Gasteiger partial charge < -0.3 is 10.2 Å². The summed E-state index contributed by atoms with van der Waals surface area (Å²) in [4.78, 5) is 4.38. The van der Waals surface area contributed by atoms with Gasteiger partial charge in [-0.1, -0.05) is 20.8 Å².